The molecule has 0 aromatic rings. The van der Waals surface area contributed by atoms with Crippen molar-refractivity contribution in [3.63, 3.8) is 0 Å². The zero-order valence-electron chi connectivity index (χ0n) is 11.5. The molecule has 0 aromatic heterocycles. The maximum Gasteiger partial charge on any atom is 0.0109 e. The zero-order valence-corrected chi connectivity index (χ0v) is 11.5. The first-order valence-corrected chi connectivity index (χ1v) is 6.27. The average Bonchev–Trinajstić information content (AvgIpc) is 2.26. The topological polar surface area (TPSA) is 0 Å². The van der Waals surface area contributed by atoms with Gasteiger partial charge in [0.25, 0.3) is 0 Å². The van der Waals surface area contributed by atoms with Crippen LogP contribution in [0.4, 0.5) is 0 Å². The van der Waals surface area contributed by atoms with Gasteiger partial charge in [0.1, 0.15) is 0 Å². The molecular formula is C17H24. The molecule has 1 aliphatic carbocycles. The third-order valence-corrected chi connectivity index (χ3v) is 3.77. The van der Waals surface area contributed by atoms with Gasteiger partial charge in [-0.25, -0.2) is 0 Å². The van der Waals surface area contributed by atoms with Gasteiger partial charge in [0.2, 0.25) is 0 Å². The van der Waals surface area contributed by atoms with Crippen LogP contribution in [0.1, 0.15) is 40.0 Å². The Morgan fingerprint density at radius 1 is 1.24 bits per heavy atom. The lowest BCUT2D eigenvalue weighted by atomic mass is 9.69. The van der Waals surface area contributed by atoms with Crippen molar-refractivity contribution in [3.05, 3.63) is 60.3 Å². The van der Waals surface area contributed by atoms with Crippen molar-refractivity contribution in [1.29, 1.82) is 0 Å². The highest BCUT2D eigenvalue weighted by molar-refractivity contribution is 5.53. The molecule has 0 fully saturated rings. The molecule has 0 heteroatoms. The summed E-state index contributed by atoms with van der Waals surface area (Å²) in [7, 11) is 0. The van der Waals surface area contributed by atoms with Crippen molar-refractivity contribution in [2.24, 2.45) is 5.41 Å². The van der Waals surface area contributed by atoms with E-state index in [1.165, 1.54) is 22.3 Å². The minimum Gasteiger partial charge on any atom is -0.103 e. The van der Waals surface area contributed by atoms with Gasteiger partial charge in [-0.05, 0) is 49.8 Å². The van der Waals surface area contributed by atoms with Gasteiger partial charge in [-0.3, -0.25) is 0 Å². The Bertz CT molecular complexity index is 404. The summed E-state index contributed by atoms with van der Waals surface area (Å²) in [5, 5.41) is 0. The molecule has 1 unspecified atom stereocenters. The van der Waals surface area contributed by atoms with Crippen LogP contribution in [0, 0.1) is 5.41 Å². The minimum absolute atomic E-state index is 0.111. The summed E-state index contributed by atoms with van der Waals surface area (Å²) in [5.74, 6) is 0. The normalized spacial score (nSPS) is 24.6. The fourth-order valence-corrected chi connectivity index (χ4v) is 2.76. The van der Waals surface area contributed by atoms with Gasteiger partial charge in [-0.2, -0.15) is 0 Å². The molecule has 1 aliphatic rings. The van der Waals surface area contributed by atoms with E-state index >= 15 is 0 Å². The Kier molecular flexibility index (Phi) is 4.34. The van der Waals surface area contributed by atoms with Gasteiger partial charge in [-0.15, -0.1) is 13.2 Å². The van der Waals surface area contributed by atoms with Crippen LogP contribution in [0.3, 0.4) is 0 Å². The zero-order chi connectivity index (χ0) is 13.1. The lowest BCUT2D eigenvalue weighted by molar-refractivity contribution is 0.488. The third kappa shape index (κ3) is 2.69. The highest BCUT2D eigenvalue weighted by Crippen LogP contribution is 2.45. The van der Waals surface area contributed by atoms with E-state index in [1.54, 1.807) is 0 Å². The van der Waals surface area contributed by atoms with E-state index < -0.39 is 0 Å². The Hall–Kier alpha value is -1.30. The molecule has 0 radical (unpaired) electrons. The largest absolute Gasteiger partial charge is 0.103 e. The van der Waals surface area contributed by atoms with E-state index in [2.05, 4.69) is 46.6 Å². The highest BCUT2D eigenvalue weighted by Gasteiger charge is 2.30. The summed E-state index contributed by atoms with van der Waals surface area (Å²) in [6.45, 7) is 18.5. The molecule has 17 heavy (non-hydrogen) atoms. The van der Waals surface area contributed by atoms with Crippen molar-refractivity contribution in [2.45, 2.75) is 40.0 Å². The lowest BCUT2D eigenvalue weighted by Gasteiger charge is -2.36. The number of hydrogen-bond acceptors (Lipinski definition) is 0. The molecule has 1 rings (SSSR count). The van der Waals surface area contributed by atoms with Crippen LogP contribution >= 0.6 is 0 Å². The van der Waals surface area contributed by atoms with E-state index in [9.17, 15) is 0 Å². The maximum absolute atomic E-state index is 4.18. The van der Waals surface area contributed by atoms with Gasteiger partial charge >= 0.3 is 0 Å². The van der Waals surface area contributed by atoms with Crippen molar-refractivity contribution in [1.82, 2.24) is 0 Å². The molecule has 0 aromatic carbocycles. The van der Waals surface area contributed by atoms with Crippen LogP contribution < -0.4 is 0 Å². The molecule has 0 saturated carbocycles. The second-order valence-electron chi connectivity index (χ2n) is 5.15. The highest BCUT2D eigenvalue weighted by atomic mass is 14.3. The number of rotatable bonds is 5. The molecule has 92 valence electrons. The van der Waals surface area contributed by atoms with E-state index in [4.69, 9.17) is 0 Å². The van der Waals surface area contributed by atoms with Crippen LogP contribution in [0.25, 0.3) is 0 Å². The van der Waals surface area contributed by atoms with E-state index in [-0.39, 0.29) is 5.41 Å². The lowest BCUT2D eigenvalue weighted by Crippen LogP contribution is -2.22. The van der Waals surface area contributed by atoms with E-state index in [0.717, 1.165) is 19.3 Å². The quantitative estimate of drug-likeness (QED) is 0.555. The van der Waals surface area contributed by atoms with Crippen molar-refractivity contribution >= 4 is 0 Å². The summed E-state index contributed by atoms with van der Waals surface area (Å²) in [6, 6.07) is 0. The van der Waals surface area contributed by atoms with Crippen LogP contribution in [0.2, 0.25) is 0 Å². The summed E-state index contributed by atoms with van der Waals surface area (Å²) < 4.78 is 0. The molecule has 0 spiro atoms. The van der Waals surface area contributed by atoms with Gasteiger partial charge in [0.15, 0.2) is 0 Å². The fourth-order valence-electron chi connectivity index (χ4n) is 2.76. The molecular weight excluding hydrogens is 204 g/mol. The van der Waals surface area contributed by atoms with Gasteiger partial charge in [0, 0.05) is 5.41 Å². The number of hydrogen-bond donors (Lipinski definition) is 0. The summed E-state index contributed by atoms with van der Waals surface area (Å²) in [4.78, 5) is 0. The molecule has 0 N–H and O–H groups in total. The summed E-state index contributed by atoms with van der Waals surface area (Å²) in [6.07, 6.45) is 9.44. The van der Waals surface area contributed by atoms with Crippen LogP contribution in [0.5, 0.6) is 0 Å². The first-order valence-electron chi connectivity index (χ1n) is 6.27. The van der Waals surface area contributed by atoms with Crippen LogP contribution in [0.15, 0.2) is 60.3 Å². The van der Waals surface area contributed by atoms with Gasteiger partial charge in [-0.1, -0.05) is 37.3 Å². The van der Waals surface area contributed by atoms with Gasteiger partial charge in [0.05, 0.1) is 0 Å². The van der Waals surface area contributed by atoms with Gasteiger partial charge < -0.3 is 0 Å². The molecule has 0 amide bonds. The molecule has 0 nitrogen and oxygen atoms in total. The molecule has 0 bridgehead atoms. The third-order valence-electron chi connectivity index (χ3n) is 3.77. The summed E-state index contributed by atoms with van der Waals surface area (Å²) in [5.41, 5.74) is 5.45. The minimum atomic E-state index is 0.111. The first-order chi connectivity index (χ1) is 7.96. The second kappa shape index (κ2) is 5.35. The second-order valence-corrected chi connectivity index (χ2v) is 5.15. The Morgan fingerprint density at radius 3 is 2.41 bits per heavy atom. The predicted molar refractivity (Wildman–Crippen MR) is 77.9 cm³/mol. The maximum atomic E-state index is 4.18. The SMILES string of the molecule is C=CCCC1=C(C)C(=C)C(C)=CC1(C)CC=C. The molecule has 0 heterocycles. The Labute approximate surface area is 106 Å². The van der Waals surface area contributed by atoms with E-state index in [0.29, 0.717) is 0 Å². The Balaban J connectivity index is 3.19. The molecule has 0 aliphatic heterocycles. The van der Waals surface area contributed by atoms with Crippen LogP contribution in [-0.2, 0) is 0 Å². The van der Waals surface area contributed by atoms with E-state index in [1.807, 2.05) is 12.2 Å². The van der Waals surface area contributed by atoms with Crippen molar-refractivity contribution in [2.75, 3.05) is 0 Å². The van der Waals surface area contributed by atoms with Crippen molar-refractivity contribution in [3.8, 4) is 0 Å². The summed E-state index contributed by atoms with van der Waals surface area (Å²) >= 11 is 0. The monoisotopic (exact) mass is 228 g/mol. The molecule has 0 saturated heterocycles. The predicted octanol–water partition coefficient (Wildman–Crippen LogP) is 5.37. The standard InChI is InChI=1S/C17H24/c1-7-9-10-16-15(5)14(4)13(3)12-17(16,6)11-8-2/h7-8,12H,1-2,4,9-11H2,3,5-6H3. The Morgan fingerprint density at radius 2 is 1.88 bits per heavy atom. The fraction of sp³-hybridized carbons (Fsp3) is 0.412. The number of allylic oxidation sites excluding steroid dienone is 7. The van der Waals surface area contributed by atoms with Crippen LogP contribution in [-0.4, -0.2) is 0 Å². The van der Waals surface area contributed by atoms with Crippen molar-refractivity contribution < 1.29 is 0 Å². The first kappa shape index (κ1) is 13.8. The molecule has 1 atom stereocenters. The smallest absolute Gasteiger partial charge is 0.0109 e. The average molecular weight is 228 g/mol.